The number of rotatable bonds is 4. The first-order chi connectivity index (χ1) is 12.0. The number of nitrogens with one attached hydrogen (secondary N) is 2. The molecule has 0 fully saturated rings. The number of H-pyrrole nitrogens is 1. The van der Waals surface area contributed by atoms with Gasteiger partial charge in [0.2, 0.25) is 0 Å². The van der Waals surface area contributed by atoms with Crippen LogP contribution in [0.5, 0.6) is 0 Å². The average Bonchev–Trinajstić information content (AvgIpc) is 3.12. The minimum absolute atomic E-state index is 0.297. The van der Waals surface area contributed by atoms with Gasteiger partial charge in [-0.1, -0.05) is 59.6 Å². The third kappa shape index (κ3) is 4.07. The van der Waals surface area contributed by atoms with E-state index in [1.807, 2.05) is 37.3 Å². The number of halogens is 2. The second-order valence-corrected chi connectivity index (χ2v) is 6.11. The van der Waals surface area contributed by atoms with E-state index in [9.17, 15) is 4.79 Å². The van der Waals surface area contributed by atoms with Crippen molar-refractivity contribution in [3.05, 3.63) is 75.9 Å². The molecule has 0 aliphatic heterocycles. The molecule has 0 radical (unpaired) electrons. The molecule has 0 unspecified atom stereocenters. The van der Waals surface area contributed by atoms with Crippen LogP contribution >= 0.6 is 23.2 Å². The monoisotopic (exact) mass is 372 g/mol. The number of carbonyl (C=O) groups is 1. The van der Waals surface area contributed by atoms with Crippen molar-refractivity contribution < 1.29 is 4.79 Å². The van der Waals surface area contributed by atoms with Crippen LogP contribution in [-0.2, 0) is 0 Å². The number of benzene rings is 2. The second kappa shape index (κ2) is 7.51. The predicted molar refractivity (Wildman–Crippen MR) is 100 cm³/mol. The van der Waals surface area contributed by atoms with E-state index in [0.717, 1.165) is 11.1 Å². The first-order valence-corrected chi connectivity index (χ1v) is 8.21. The highest BCUT2D eigenvalue weighted by Gasteiger charge is 2.11. The lowest BCUT2D eigenvalue weighted by Crippen LogP contribution is -2.19. The summed E-state index contributed by atoms with van der Waals surface area (Å²) < 4.78 is 0. The van der Waals surface area contributed by atoms with Gasteiger partial charge < -0.3 is 0 Å². The molecular weight excluding hydrogens is 359 g/mol. The standard InChI is InChI=1S/C18H14Cl2N4O/c1-11(12-5-3-2-4-6-12)21-24-18(25)17-10-16(22-23-17)13-7-8-14(19)15(20)9-13/h2-10H,1H3,(H,22,23)(H,24,25). The minimum Gasteiger partial charge on any atom is -0.272 e. The van der Waals surface area contributed by atoms with Crippen LogP contribution in [0.25, 0.3) is 11.3 Å². The molecule has 3 aromatic rings. The van der Waals surface area contributed by atoms with Crippen LogP contribution in [0.2, 0.25) is 10.0 Å². The van der Waals surface area contributed by atoms with Crippen molar-refractivity contribution in [2.75, 3.05) is 0 Å². The topological polar surface area (TPSA) is 70.1 Å². The number of aromatic amines is 1. The first-order valence-electron chi connectivity index (χ1n) is 7.45. The number of nitrogens with zero attached hydrogens (tertiary/aromatic N) is 2. The molecule has 25 heavy (non-hydrogen) atoms. The summed E-state index contributed by atoms with van der Waals surface area (Å²) in [5.74, 6) is -0.380. The second-order valence-electron chi connectivity index (χ2n) is 5.30. The number of aromatic nitrogens is 2. The quantitative estimate of drug-likeness (QED) is 0.521. The van der Waals surface area contributed by atoms with Gasteiger partial charge in [0.25, 0.3) is 5.91 Å². The van der Waals surface area contributed by atoms with Crippen molar-refractivity contribution in [1.29, 1.82) is 0 Å². The molecule has 2 aromatic carbocycles. The molecule has 126 valence electrons. The largest absolute Gasteiger partial charge is 0.289 e. The molecule has 0 spiro atoms. The van der Waals surface area contributed by atoms with Gasteiger partial charge in [0.1, 0.15) is 5.69 Å². The summed E-state index contributed by atoms with van der Waals surface area (Å²) in [6.07, 6.45) is 0. The number of hydrogen-bond acceptors (Lipinski definition) is 3. The molecular formula is C18H14Cl2N4O. The van der Waals surface area contributed by atoms with Gasteiger partial charge in [0, 0.05) is 5.56 Å². The highest BCUT2D eigenvalue weighted by atomic mass is 35.5. The molecule has 2 N–H and O–H groups in total. The third-order valence-corrected chi connectivity index (χ3v) is 4.29. The fraction of sp³-hybridized carbons (Fsp3) is 0.0556. The number of hydrazone groups is 1. The lowest BCUT2D eigenvalue weighted by Gasteiger charge is -2.01. The van der Waals surface area contributed by atoms with Crippen molar-refractivity contribution in [3.8, 4) is 11.3 Å². The van der Waals surface area contributed by atoms with E-state index >= 15 is 0 Å². The number of amides is 1. The van der Waals surface area contributed by atoms with Gasteiger partial charge in [-0.05, 0) is 30.7 Å². The Hall–Kier alpha value is -2.63. The van der Waals surface area contributed by atoms with Crippen molar-refractivity contribution in [3.63, 3.8) is 0 Å². The molecule has 3 rings (SSSR count). The van der Waals surface area contributed by atoms with Crippen LogP contribution in [0, 0.1) is 0 Å². The van der Waals surface area contributed by atoms with Crippen molar-refractivity contribution in [2.24, 2.45) is 5.10 Å². The van der Waals surface area contributed by atoms with E-state index in [1.54, 1.807) is 24.3 Å². The van der Waals surface area contributed by atoms with Gasteiger partial charge in [-0.2, -0.15) is 10.2 Å². The Morgan fingerprint density at radius 1 is 1.08 bits per heavy atom. The molecule has 1 aromatic heterocycles. The van der Waals surface area contributed by atoms with Crippen molar-refractivity contribution in [2.45, 2.75) is 6.92 Å². The molecule has 0 bridgehead atoms. The van der Waals surface area contributed by atoms with Gasteiger partial charge >= 0.3 is 0 Å². The highest BCUT2D eigenvalue weighted by Crippen LogP contribution is 2.27. The maximum atomic E-state index is 12.2. The Labute approximate surface area is 154 Å². The maximum Gasteiger partial charge on any atom is 0.289 e. The summed E-state index contributed by atoms with van der Waals surface area (Å²) in [4.78, 5) is 12.2. The molecule has 0 saturated carbocycles. The molecule has 1 heterocycles. The zero-order valence-electron chi connectivity index (χ0n) is 13.3. The molecule has 7 heteroatoms. The smallest absolute Gasteiger partial charge is 0.272 e. The molecule has 5 nitrogen and oxygen atoms in total. The molecule has 0 atom stereocenters. The van der Waals surface area contributed by atoms with Crippen LogP contribution in [-0.4, -0.2) is 21.8 Å². The molecule has 0 aliphatic carbocycles. The highest BCUT2D eigenvalue weighted by molar-refractivity contribution is 6.42. The van der Waals surface area contributed by atoms with Gasteiger partial charge in [-0.25, -0.2) is 5.43 Å². The number of carbonyl (C=O) groups excluding carboxylic acids is 1. The Balaban J connectivity index is 1.73. The summed E-state index contributed by atoms with van der Waals surface area (Å²) in [6.45, 7) is 1.82. The summed E-state index contributed by atoms with van der Waals surface area (Å²) in [5.41, 5.74) is 5.80. The lowest BCUT2D eigenvalue weighted by molar-refractivity contribution is 0.0950. The average molecular weight is 373 g/mol. The van der Waals surface area contributed by atoms with E-state index in [0.29, 0.717) is 27.1 Å². The minimum atomic E-state index is -0.380. The Kier molecular flexibility index (Phi) is 5.16. The van der Waals surface area contributed by atoms with Gasteiger partial charge in [-0.15, -0.1) is 0 Å². The fourth-order valence-electron chi connectivity index (χ4n) is 2.18. The fourth-order valence-corrected chi connectivity index (χ4v) is 2.48. The maximum absolute atomic E-state index is 12.2. The summed E-state index contributed by atoms with van der Waals surface area (Å²) in [5, 5.41) is 11.8. The van der Waals surface area contributed by atoms with E-state index in [-0.39, 0.29) is 5.91 Å². The summed E-state index contributed by atoms with van der Waals surface area (Å²) in [6, 6.07) is 16.4. The summed E-state index contributed by atoms with van der Waals surface area (Å²) in [7, 11) is 0. The van der Waals surface area contributed by atoms with Gasteiger partial charge in [0.15, 0.2) is 0 Å². The molecule has 1 amide bonds. The van der Waals surface area contributed by atoms with E-state index < -0.39 is 0 Å². The van der Waals surface area contributed by atoms with Crippen LogP contribution in [0.1, 0.15) is 23.0 Å². The Bertz CT molecular complexity index is 935. The number of hydrogen-bond donors (Lipinski definition) is 2. The first kappa shape index (κ1) is 17.2. The van der Waals surface area contributed by atoms with Crippen LogP contribution in [0.3, 0.4) is 0 Å². The molecule has 0 aliphatic rings. The van der Waals surface area contributed by atoms with Crippen LogP contribution in [0.4, 0.5) is 0 Å². The van der Waals surface area contributed by atoms with Crippen LogP contribution < -0.4 is 5.43 Å². The third-order valence-electron chi connectivity index (χ3n) is 3.55. The van der Waals surface area contributed by atoms with Crippen LogP contribution in [0.15, 0.2) is 59.7 Å². The lowest BCUT2D eigenvalue weighted by atomic mass is 10.1. The molecule has 0 saturated heterocycles. The Morgan fingerprint density at radius 2 is 1.84 bits per heavy atom. The van der Waals surface area contributed by atoms with Gasteiger partial charge in [0.05, 0.1) is 21.5 Å². The Morgan fingerprint density at radius 3 is 2.56 bits per heavy atom. The van der Waals surface area contributed by atoms with Crippen molar-refractivity contribution in [1.82, 2.24) is 15.6 Å². The predicted octanol–water partition coefficient (Wildman–Crippen LogP) is 4.54. The normalized spacial score (nSPS) is 11.4. The SMILES string of the molecule is CC(=NNC(=O)c1cc(-c2ccc(Cl)c(Cl)c2)n[nH]1)c1ccccc1. The van der Waals surface area contributed by atoms with E-state index in [4.69, 9.17) is 23.2 Å². The zero-order chi connectivity index (χ0) is 17.8. The zero-order valence-corrected chi connectivity index (χ0v) is 14.8. The summed E-state index contributed by atoms with van der Waals surface area (Å²) >= 11 is 11.9. The van der Waals surface area contributed by atoms with E-state index in [1.165, 1.54) is 0 Å². The van der Waals surface area contributed by atoms with Gasteiger partial charge in [-0.3, -0.25) is 9.89 Å². The van der Waals surface area contributed by atoms with Crippen molar-refractivity contribution >= 4 is 34.8 Å². The van der Waals surface area contributed by atoms with E-state index in [2.05, 4.69) is 20.7 Å².